The molecule has 0 radical (unpaired) electrons. The number of aromatic nitrogens is 5. The molecule has 2 fully saturated rings. The molecule has 2 saturated heterocycles. The highest BCUT2D eigenvalue weighted by atomic mass is 35.5. The minimum atomic E-state index is 0.495. The van der Waals surface area contributed by atoms with Crippen molar-refractivity contribution >= 4 is 55.9 Å². The minimum absolute atomic E-state index is 0.495. The molecule has 44 heavy (non-hydrogen) atoms. The quantitative estimate of drug-likeness (QED) is 0.200. The zero-order valence-corrected chi connectivity index (χ0v) is 25.5. The number of aryl methyl sites for hydroxylation is 1. The molecular weight excluding hydrogens is 572 g/mol. The normalized spacial score (nSPS) is 16.4. The van der Waals surface area contributed by atoms with E-state index in [0.29, 0.717) is 17.6 Å². The molecule has 3 aromatic carbocycles. The molecule has 0 unspecified atom stereocenters. The molecule has 0 atom stereocenters. The maximum Gasteiger partial charge on any atom is 0.142 e. The fraction of sp³-hybridized carbons (Fsp3) is 0.324. The fourth-order valence-corrected chi connectivity index (χ4v) is 6.94. The van der Waals surface area contributed by atoms with Crippen LogP contribution in [-0.4, -0.2) is 63.9 Å². The summed E-state index contributed by atoms with van der Waals surface area (Å²) in [5.41, 5.74) is 9.20. The monoisotopic (exact) mass is 606 g/mol. The summed E-state index contributed by atoms with van der Waals surface area (Å²) in [7, 11) is 0. The second kappa shape index (κ2) is 11.4. The van der Waals surface area contributed by atoms with Gasteiger partial charge in [-0.05, 0) is 86.9 Å². The predicted octanol–water partition coefficient (Wildman–Crippen LogP) is 6.46. The van der Waals surface area contributed by atoms with E-state index in [1.807, 2.05) is 24.4 Å². The van der Waals surface area contributed by atoms with E-state index >= 15 is 0 Å². The first-order valence-corrected chi connectivity index (χ1v) is 15.8. The van der Waals surface area contributed by atoms with Gasteiger partial charge in [0, 0.05) is 48.0 Å². The fourth-order valence-electron chi connectivity index (χ4n) is 6.77. The average Bonchev–Trinajstić information content (AvgIpc) is 3.63. The van der Waals surface area contributed by atoms with Crippen molar-refractivity contribution in [3.8, 4) is 11.4 Å². The van der Waals surface area contributed by atoms with Crippen LogP contribution in [0.1, 0.15) is 30.3 Å². The van der Waals surface area contributed by atoms with Crippen LogP contribution in [0.25, 0.3) is 44.4 Å². The average molecular weight is 607 g/mol. The number of fused-ring (bicyclic) bond motifs is 3. The van der Waals surface area contributed by atoms with Gasteiger partial charge in [0.25, 0.3) is 0 Å². The van der Waals surface area contributed by atoms with E-state index in [9.17, 15) is 0 Å². The maximum absolute atomic E-state index is 6.50. The SMILES string of the molecule is Cc1nc2cc(CNc3c(-c4nc5ccc(N6CCOCC6)cc5[nH]4)cnc4ccc(Cl)cc34)ccc2n1C1CCNCC1. The Hall–Kier alpha value is -4.18. The van der Waals surface area contributed by atoms with E-state index in [1.54, 1.807) is 0 Å². The highest BCUT2D eigenvalue weighted by Crippen LogP contribution is 2.36. The van der Waals surface area contributed by atoms with Gasteiger partial charge in [-0.25, -0.2) is 9.97 Å². The first-order chi connectivity index (χ1) is 21.6. The lowest BCUT2D eigenvalue weighted by Gasteiger charge is -2.28. The van der Waals surface area contributed by atoms with Gasteiger partial charge >= 0.3 is 0 Å². The third kappa shape index (κ3) is 5.04. The van der Waals surface area contributed by atoms with E-state index in [4.69, 9.17) is 31.3 Å². The molecule has 3 aromatic heterocycles. The number of hydrogen-bond acceptors (Lipinski definition) is 7. The van der Waals surface area contributed by atoms with Crippen molar-refractivity contribution in [3.05, 3.63) is 77.2 Å². The van der Waals surface area contributed by atoms with Crippen LogP contribution in [0.2, 0.25) is 5.02 Å². The summed E-state index contributed by atoms with van der Waals surface area (Å²) >= 11 is 6.50. The largest absolute Gasteiger partial charge is 0.380 e. The van der Waals surface area contributed by atoms with E-state index in [2.05, 4.69) is 68.4 Å². The number of hydrogen-bond donors (Lipinski definition) is 3. The number of rotatable bonds is 6. The lowest BCUT2D eigenvalue weighted by atomic mass is 10.1. The number of nitrogens with zero attached hydrogens (tertiary/aromatic N) is 5. The van der Waals surface area contributed by atoms with Crippen molar-refractivity contribution in [2.45, 2.75) is 32.4 Å². The van der Waals surface area contributed by atoms with Gasteiger partial charge in [-0.15, -0.1) is 0 Å². The van der Waals surface area contributed by atoms with Crippen LogP contribution < -0.4 is 15.5 Å². The van der Waals surface area contributed by atoms with Crippen molar-refractivity contribution in [2.24, 2.45) is 0 Å². The van der Waals surface area contributed by atoms with Crippen LogP contribution in [0.5, 0.6) is 0 Å². The van der Waals surface area contributed by atoms with Gasteiger partial charge in [0.1, 0.15) is 11.6 Å². The van der Waals surface area contributed by atoms with Crippen molar-refractivity contribution < 1.29 is 4.74 Å². The number of piperidine rings is 1. The molecule has 10 heteroatoms. The number of nitrogens with one attached hydrogen (secondary N) is 3. The predicted molar refractivity (Wildman–Crippen MR) is 178 cm³/mol. The Labute approximate surface area is 260 Å². The molecule has 0 spiro atoms. The van der Waals surface area contributed by atoms with E-state index in [1.165, 1.54) is 11.2 Å². The topological polar surface area (TPSA) is 95.9 Å². The smallest absolute Gasteiger partial charge is 0.142 e. The highest BCUT2D eigenvalue weighted by Gasteiger charge is 2.21. The molecule has 2 aliphatic rings. The van der Waals surface area contributed by atoms with Crippen molar-refractivity contribution in [3.63, 3.8) is 0 Å². The molecule has 6 aromatic rings. The standard InChI is InChI=1S/C34H35ClN8O/c1-21-39-31-16-22(2-7-32(31)43(21)24-8-10-36-11-9-24)19-38-33-26-17-23(35)3-5-28(26)37-20-27(33)34-40-29-6-4-25(18-30(29)41-34)42-12-14-44-15-13-42/h2-7,16-18,20,24,36H,8-15,19H2,1H3,(H,37,38)(H,40,41). The van der Waals surface area contributed by atoms with E-state index in [-0.39, 0.29) is 0 Å². The number of ether oxygens (including phenoxy) is 1. The summed E-state index contributed by atoms with van der Waals surface area (Å²) in [5.74, 6) is 1.85. The lowest BCUT2D eigenvalue weighted by molar-refractivity contribution is 0.122. The summed E-state index contributed by atoms with van der Waals surface area (Å²) in [6.45, 7) is 8.12. The Morgan fingerprint density at radius 1 is 0.955 bits per heavy atom. The molecule has 224 valence electrons. The van der Waals surface area contributed by atoms with Gasteiger partial charge < -0.3 is 29.8 Å². The zero-order chi connectivity index (χ0) is 29.6. The minimum Gasteiger partial charge on any atom is -0.380 e. The van der Waals surface area contributed by atoms with E-state index in [0.717, 1.165) is 108 Å². The number of aromatic amines is 1. The van der Waals surface area contributed by atoms with Crippen LogP contribution in [0.15, 0.2) is 60.8 Å². The molecule has 0 bridgehead atoms. The van der Waals surface area contributed by atoms with Gasteiger partial charge in [-0.1, -0.05) is 17.7 Å². The van der Waals surface area contributed by atoms with Gasteiger partial charge in [-0.3, -0.25) is 4.98 Å². The molecule has 3 N–H and O–H groups in total. The molecule has 0 amide bonds. The maximum atomic E-state index is 6.50. The molecule has 9 nitrogen and oxygen atoms in total. The Morgan fingerprint density at radius 2 is 1.80 bits per heavy atom. The number of halogens is 1. The molecular formula is C34H35ClN8O. The molecule has 5 heterocycles. The summed E-state index contributed by atoms with van der Waals surface area (Å²) in [5, 5.41) is 8.83. The zero-order valence-electron chi connectivity index (χ0n) is 24.7. The summed E-state index contributed by atoms with van der Waals surface area (Å²) in [4.78, 5) is 20.6. The van der Waals surface area contributed by atoms with Gasteiger partial charge in [-0.2, -0.15) is 0 Å². The van der Waals surface area contributed by atoms with Crippen LogP contribution in [0.3, 0.4) is 0 Å². The lowest BCUT2D eigenvalue weighted by Crippen LogP contribution is -2.36. The first-order valence-electron chi connectivity index (χ1n) is 15.4. The third-order valence-corrected chi connectivity index (χ3v) is 9.24. The van der Waals surface area contributed by atoms with Crippen LogP contribution in [0.4, 0.5) is 11.4 Å². The molecule has 8 rings (SSSR count). The van der Waals surface area contributed by atoms with Gasteiger partial charge in [0.2, 0.25) is 0 Å². The summed E-state index contributed by atoms with van der Waals surface area (Å²) in [6.07, 6.45) is 4.16. The molecule has 2 aliphatic heterocycles. The van der Waals surface area contributed by atoms with Gasteiger partial charge in [0.15, 0.2) is 0 Å². The number of anilines is 2. The molecule has 0 saturated carbocycles. The number of pyridine rings is 1. The van der Waals surface area contributed by atoms with Gasteiger partial charge in [0.05, 0.1) is 52.0 Å². The Kier molecular flexibility index (Phi) is 7.09. The first kappa shape index (κ1) is 27.4. The Morgan fingerprint density at radius 3 is 2.66 bits per heavy atom. The van der Waals surface area contributed by atoms with E-state index < -0.39 is 0 Å². The number of H-pyrrole nitrogens is 1. The highest BCUT2D eigenvalue weighted by molar-refractivity contribution is 6.31. The molecule has 0 aliphatic carbocycles. The number of imidazole rings is 2. The van der Waals surface area contributed by atoms with Crippen molar-refractivity contribution in [1.29, 1.82) is 0 Å². The van der Waals surface area contributed by atoms with Crippen LogP contribution >= 0.6 is 11.6 Å². The van der Waals surface area contributed by atoms with Crippen LogP contribution in [0, 0.1) is 6.92 Å². The van der Waals surface area contributed by atoms with Crippen molar-refractivity contribution in [1.82, 2.24) is 29.8 Å². The van der Waals surface area contributed by atoms with Crippen molar-refractivity contribution in [2.75, 3.05) is 49.6 Å². The Bertz CT molecular complexity index is 1990. The second-order valence-electron chi connectivity index (χ2n) is 11.8. The summed E-state index contributed by atoms with van der Waals surface area (Å²) < 4.78 is 7.97. The third-order valence-electron chi connectivity index (χ3n) is 9.00. The Balaban J connectivity index is 1.14. The summed E-state index contributed by atoms with van der Waals surface area (Å²) in [6, 6.07) is 19.3. The number of benzene rings is 3. The van der Waals surface area contributed by atoms with Crippen LogP contribution in [-0.2, 0) is 11.3 Å². The number of morpholine rings is 1. The second-order valence-corrected chi connectivity index (χ2v) is 12.2.